The van der Waals surface area contributed by atoms with Crippen LogP contribution in [0.2, 0.25) is 0 Å². The molecule has 0 bridgehead atoms. The number of hydrogen-bond acceptors (Lipinski definition) is 3. The fourth-order valence-corrected chi connectivity index (χ4v) is 2.65. The van der Waals surface area contributed by atoms with Crippen LogP contribution in [0.3, 0.4) is 0 Å². The number of rotatable bonds is 6. The molecule has 1 aromatic rings. The van der Waals surface area contributed by atoms with E-state index in [-0.39, 0.29) is 5.97 Å². The summed E-state index contributed by atoms with van der Waals surface area (Å²) in [6, 6.07) is 5.94. The third-order valence-corrected chi connectivity index (χ3v) is 3.95. The summed E-state index contributed by atoms with van der Waals surface area (Å²) in [5, 5.41) is 11.0. The lowest BCUT2D eigenvalue weighted by Crippen LogP contribution is -2.38. The van der Waals surface area contributed by atoms with Crippen molar-refractivity contribution < 1.29 is 14.6 Å². The van der Waals surface area contributed by atoms with E-state index in [9.17, 15) is 9.90 Å². The van der Waals surface area contributed by atoms with Crippen molar-refractivity contribution in [2.45, 2.75) is 52.6 Å². The molecule has 20 heavy (non-hydrogen) atoms. The second-order valence-electron chi connectivity index (χ2n) is 5.68. The highest BCUT2D eigenvalue weighted by molar-refractivity contribution is 5.74. The third-order valence-electron chi connectivity index (χ3n) is 3.95. The summed E-state index contributed by atoms with van der Waals surface area (Å²) in [6.07, 6.45) is 2.50. The normalized spacial score (nSPS) is 15.5. The van der Waals surface area contributed by atoms with Gasteiger partial charge in [-0.15, -0.1) is 0 Å². The zero-order chi connectivity index (χ0) is 15.3. The lowest BCUT2D eigenvalue weighted by atomic mass is 9.78. The first-order chi connectivity index (χ1) is 9.34. The predicted octanol–water partition coefficient (Wildman–Crippen LogP) is 3.49. The van der Waals surface area contributed by atoms with Gasteiger partial charge in [-0.3, -0.25) is 4.79 Å². The minimum absolute atomic E-state index is 0.343. The molecular weight excluding hydrogens is 252 g/mol. The molecule has 0 amide bonds. The van der Waals surface area contributed by atoms with Crippen molar-refractivity contribution in [3.05, 3.63) is 34.9 Å². The average molecular weight is 278 g/mol. The summed E-state index contributed by atoms with van der Waals surface area (Å²) < 4.78 is 4.89. The molecule has 0 saturated heterocycles. The topological polar surface area (TPSA) is 46.5 Å². The van der Waals surface area contributed by atoms with Crippen LogP contribution in [0.1, 0.15) is 49.8 Å². The Kier molecular flexibility index (Phi) is 5.75. The number of benzene rings is 1. The zero-order valence-electron chi connectivity index (χ0n) is 13.2. The molecule has 3 nitrogen and oxygen atoms in total. The smallest absolute Gasteiger partial charge is 0.311 e. The highest BCUT2D eigenvalue weighted by Gasteiger charge is 2.40. The van der Waals surface area contributed by atoms with Gasteiger partial charge in [0.15, 0.2) is 0 Å². The molecule has 0 fully saturated rings. The summed E-state index contributed by atoms with van der Waals surface area (Å²) >= 11 is 0. The Bertz CT molecular complexity index is 463. The Morgan fingerprint density at radius 2 is 2.05 bits per heavy atom. The van der Waals surface area contributed by atoms with Crippen molar-refractivity contribution in [3.63, 3.8) is 0 Å². The Morgan fingerprint density at radius 1 is 1.40 bits per heavy atom. The number of carbonyl (C=O) groups excluding carboxylic acids is 1. The summed E-state index contributed by atoms with van der Waals surface area (Å²) in [5.41, 5.74) is 1.67. The average Bonchev–Trinajstić information content (AvgIpc) is 2.41. The molecule has 0 aromatic heterocycles. The molecule has 0 radical (unpaired) electrons. The molecule has 2 atom stereocenters. The first-order valence-electron chi connectivity index (χ1n) is 7.22. The zero-order valence-corrected chi connectivity index (χ0v) is 13.2. The highest BCUT2D eigenvalue weighted by Crippen LogP contribution is 2.35. The highest BCUT2D eigenvalue weighted by atomic mass is 16.5. The van der Waals surface area contributed by atoms with Gasteiger partial charge in [0.1, 0.15) is 5.60 Å². The minimum atomic E-state index is -1.21. The van der Waals surface area contributed by atoms with Crippen LogP contribution in [0.25, 0.3) is 0 Å². The molecule has 112 valence electrons. The van der Waals surface area contributed by atoms with Crippen LogP contribution >= 0.6 is 0 Å². The third kappa shape index (κ3) is 3.60. The van der Waals surface area contributed by atoms with Gasteiger partial charge in [0.05, 0.1) is 13.0 Å². The molecular formula is C17H26O3. The first-order valence-corrected chi connectivity index (χ1v) is 7.22. The van der Waals surface area contributed by atoms with Crippen LogP contribution < -0.4 is 0 Å². The molecule has 1 aromatic carbocycles. The van der Waals surface area contributed by atoms with E-state index in [4.69, 9.17) is 4.74 Å². The molecule has 2 unspecified atom stereocenters. The van der Waals surface area contributed by atoms with Gasteiger partial charge in [-0.1, -0.05) is 43.5 Å². The lowest BCUT2D eigenvalue weighted by molar-refractivity contribution is -0.156. The predicted molar refractivity (Wildman–Crippen MR) is 80.5 cm³/mol. The Morgan fingerprint density at radius 3 is 2.60 bits per heavy atom. The van der Waals surface area contributed by atoms with Crippen LogP contribution in [-0.2, 0) is 15.1 Å². The number of esters is 1. The largest absolute Gasteiger partial charge is 0.469 e. The van der Waals surface area contributed by atoms with Gasteiger partial charge >= 0.3 is 5.97 Å². The quantitative estimate of drug-likeness (QED) is 0.810. The molecule has 0 saturated carbocycles. The lowest BCUT2D eigenvalue weighted by Gasteiger charge is -2.33. The van der Waals surface area contributed by atoms with Gasteiger partial charge in [0.25, 0.3) is 0 Å². The summed E-state index contributed by atoms with van der Waals surface area (Å²) in [6.45, 7) is 7.72. The van der Waals surface area contributed by atoms with Gasteiger partial charge in [-0.25, -0.2) is 0 Å². The van der Waals surface area contributed by atoms with Crippen molar-refractivity contribution in [2.75, 3.05) is 7.11 Å². The van der Waals surface area contributed by atoms with Crippen LogP contribution in [0.4, 0.5) is 0 Å². The van der Waals surface area contributed by atoms with Crippen LogP contribution in [0, 0.1) is 19.8 Å². The van der Waals surface area contributed by atoms with Gasteiger partial charge in [-0.05, 0) is 38.3 Å². The summed E-state index contributed by atoms with van der Waals surface area (Å²) in [4.78, 5) is 12.1. The monoisotopic (exact) mass is 278 g/mol. The number of carbonyl (C=O) groups is 1. The van der Waals surface area contributed by atoms with Crippen molar-refractivity contribution in [1.82, 2.24) is 0 Å². The second kappa shape index (κ2) is 6.89. The van der Waals surface area contributed by atoms with E-state index in [1.165, 1.54) is 7.11 Å². The summed E-state index contributed by atoms with van der Waals surface area (Å²) in [5.74, 6) is -0.877. The van der Waals surface area contributed by atoms with Crippen LogP contribution in [0.15, 0.2) is 18.2 Å². The van der Waals surface area contributed by atoms with E-state index in [1.807, 2.05) is 32.0 Å². The first kappa shape index (κ1) is 16.7. The molecule has 3 heteroatoms. The number of hydrogen-bond donors (Lipinski definition) is 1. The van der Waals surface area contributed by atoms with Gasteiger partial charge in [0.2, 0.25) is 0 Å². The molecule has 0 aliphatic heterocycles. The number of unbranched alkanes of at least 4 members (excludes halogenated alkanes) is 1. The van der Waals surface area contributed by atoms with Crippen molar-refractivity contribution in [2.24, 2.45) is 5.92 Å². The van der Waals surface area contributed by atoms with E-state index in [0.29, 0.717) is 6.42 Å². The fraction of sp³-hybridized carbons (Fsp3) is 0.588. The molecule has 0 heterocycles. The van der Waals surface area contributed by atoms with Crippen molar-refractivity contribution in [3.8, 4) is 0 Å². The van der Waals surface area contributed by atoms with Crippen molar-refractivity contribution >= 4 is 5.97 Å². The maximum absolute atomic E-state index is 12.1. The Hall–Kier alpha value is -1.35. The minimum Gasteiger partial charge on any atom is -0.469 e. The molecule has 0 aliphatic carbocycles. The maximum atomic E-state index is 12.1. The van der Waals surface area contributed by atoms with Gasteiger partial charge < -0.3 is 9.84 Å². The fourth-order valence-electron chi connectivity index (χ4n) is 2.65. The number of aryl methyl sites for hydroxylation is 2. The van der Waals surface area contributed by atoms with E-state index < -0.39 is 11.5 Å². The van der Waals surface area contributed by atoms with Crippen molar-refractivity contribution in [1.29, 1.82) is 0 Å². The van der Waals surface area contributed by atoms with Crippen LogP contribution in [0.5, 0.6) is 0 Å². The Balaban J connectivity index is 3.20. The molecule has 1 N–H and O–H groups in total. The van der Waals surface area contributed by atoms with E-state index in [1.54, 1.807) is 6.92 Å². The van der Waals surface area contributed by atoms with Gasteiger partial charge in [0, 0.05) is 0 Å². The molecule has 0 spiro atoms. The van der Waals surface area contributed by atoms with E-state index in [0.717, 1.165) is 29.5 Å². The second-order valence-corrected chi connectivity index (χ2v) is 5.68. The summed E-state index contributed by atoms with van der Waals surface area (Å²) in [7, 11) is 1.38. The SMILES string of the molecule is CCCCC(C(=O)OC)C(C)(O)c1cc(C)ccc1C. The number of ether oxygens (including phenoxy) is 1. The van der Waals surface area contributed by atoms with Crippen LogP contribution in [-0.4, -0.2) is 18.2 Å². The van der Waals surface area contributed by atoms with E-state index in [2.05, 4.69) is 6.92 Å². The number of aliphatic hydroxyl groups is 1. The molecule has 1 rings (SSSR count). The molecule has 0 aliphatic rings. The Labute approximate surface area is 122 Å². The number of methoxy groups -OCH3 is 1. The maximum Gasteiger partial charge on any atom is 0.311 e. The van der Waals surface area contributed by atoms with Gasteiger partial charge in [-0.2, -0.15) is 0 Å². The standard InChI is InChI=1S/C17H26O3/c1-6-7-8-14(16(18)20-5)17(4,19)15-11-12(2)9-10-13(15)3/h9-11,14,19H,6-8H2,1-5H3. The van der Waals surface area contributed by atoms with E-state index >= 15 is 0 Å².